The van der Waals surface area contributed by atoms with Crippen LogP contribution in [0.4, 0.5) is 10.5 Å². The number of nitrogens with one attached hydrogen (secondary N) is 1. The third kappa shape index (κ3) is 4.05. The summed E-state index contributed by atoms with van der Waals surface area (Å²) in [6.45, 7) is 3.90. The molecule has 1 fully saturated rings. The minimum atomic E-state index is -0.179. The third-order valence-electron chi connectivity index (χ3n) is 5.30. The molecule has 0 radical (unpaired) electrons. The Morgan fingerprint density at radius 3 is 2.34 bits per heavy atom. The Labute approximate surface area is 174 Å². The highest BCUT2D eigenvalue weighted by Gasteiger charge is 2.25. The van der Waals surface area contributed by atoms with Gasteiger partial charge in [-0.1, -0.05) is 54.1 Å². The van der Waals surface area contributed by atoms with Gasteiger partial charge in [-0.2, -0.15) is 0 Å². The lowest BCUT2D eigenvalue weighted by Gasteiger charge is -2.35. The van der Waals surface area contributed by atoms with Crippen LogP contribution in [0.3, 0.4) is 0 Å². The van der Waals surface area contributed by atoms with Gasteiger partial charge in [0.2, 0.25) is 0 Å². The fourth-order valence-corrected chi connectivity index (χ4v) is 3.75. The number of carbonyl (C=O) groups excluding carboxylic acids is 2. The molecular formula is C23H22ClN3O2. The molecule has 1 saturated heterocycles. The number of hydrogen-bond acceptors (Lipinski definition) is 2. The molecule has 0 aliphatic carbocycles. The lowest BCUT2D eigenvalue weighted by atomic mass is 10.0. The molecule has 148 valence electrons. The predicted octanol–water partition coefficient (Wildman–Crippen LogP) is 4.79. The number of nitrogens with zero attached hydrogens (tertiary/aromatic N) is 2. The molecule has 1 aliphatic rings. The Balaban J connectivity index is 1.40. The molecule has 0 bridgehead atoms. The maximum absolute atomic E-state index is 13.0. The summed E-state index contributed by atoms with van der Waals surface area (Å²) in [5.74, 6) is 0.00664. The van der Waals surface area contributed by atoms with Gasteiger partial charge in [-0.15, -0.1) is 0 Å². The van der Waals surface area contributed by atoms with Crippen molar-refractivity contribution in [1.82, 2.24) is 9.80 Å². The van der Waals surface area contributed by atoms with Gasteiger partial charge in [0.15, 0.2) is 0 Å². The van der Waals surface area contributed by atoms with E-state index in [4.69, 9.17) is 11.6 Å². The van der Waals surface area contributed by atoms with Crippen molar-refractivity contribution in [2.24, 2.45) is 0 Å². The van der Waals surface area contributed by atoms with E-state index in [-0.39, 0.29) is 11.9 Å². The number of carbonyl (C=O) groups is 2. The van der Waals surface area contributed by atoms with Crippen molar-refractivity contribution < 1.29 is 9.59 Å². The fourth-order valence-electron chi connectivity index (χ4n) is 3.57. The normalized spacial score (nSPS) is 14.1. The Hall–Kier alpha value is -3.05. The molecule has 6 heteroatoms. The van der Waals surface area contributed by atoms with Crippen LogP contribution in [0, 0.1) is 6.92 Å². The largest absolute Gasteiger partial charge is 0.335 e. The highest BCUT2D eigenvalue weighted by Crippen LogP contribution is 2.22. The summed E-state index contributed by atoms with van der Waals surface area (Å²) in [4.78, 5) is 29.1. The van der Waals surface area contributed by atoms with Gasteiger partial charge in [0.25, 0.3) is 5.91 Å². The topological polar surface area (TPSA) is 52.7 Å². The Bertz CT molecular complexity index is 1070. The Morgan fingerprint density at radius 2 is 1.59 bits per heavy atom. The van der Waals surface area contributed by atoms with Crippen molar-refractivity contribution >= 4 is 40.0 Å². The Morgan fingerprint density at radius 1 is 0.897 bits per heavy atom. The van der Waals surface area contributed by atoms with Crippen molar-refractivity contribution in [2.75, 3.05) is 31.5 Å². The molecule has 3 amide bonds. The summed E-state index contributed by atoms with van der Waals surface area (Å²) in [6, 6.07) is 18.9. The highest BCUT2D eigenvalue weighted by atomic mass is 35.5. The molecular weight excluding hydrogens is 386 g/mol. The van der Waals surface area contributed by atoms with E-state index in [0.29, 0.717) is 42.5 Å². The number of halogens is 1. The molecule has 1 aliphatic heterocycles. The first-order chi connectivity index (χ1) is 14.0. The third-order valence-corrected chi connectivity index (χ3v) is 5.70. The van der Waals surface area contributed by atoms with Crippen LogP contribution >= 0.6 is 11.6 Å². The zero-order valence-electron chi connectivity index (χ0n) is 16.2. The second kappa shape index (κ2) is 8.13. The number of piperazine rings is 1. The molecule has 0 unspecified atom stereocenters. The van der Waals surface area contributed by atoms with E-state index in [1.54, 1.807) is 11.0 Å². The van der Waals surface area contributed by atoms with E-state index >= 15 is 0 Å². The van der Waals surface area contributed by atoms with Gasteiger partial charge in [-0.3, -0.25) is 4.79 Å². The van der Waals surface area contributed by atoms with Crippen molar-refractivity contribution in [3.8, 4) is 0 Å². The number of aryl methyl sites for hydroxylation is 1. The molecule has 0 saturated carbocycles. The van der Waals surface area contributed by atoms with Gasteiger partial charge >= 0.3 is 6.03 Å². The number of amides is 3. The van der Waals surface area contributed by atoms with Crippen molar-refractivity contribution in [1.29, 1.82) is 0 Å². The number of hydrogen-bond donors (Lipinski definition) is 1. The van der Waals surface area contributed by atoms with Crippen LogP contribution in [-0.4, -0.2) is 47.9 Å². The average molecular weight is 408 g/mol. The van der Waals surface area contributed by atoms with Gasteiger partial charge in [0.05, 0.1) is 0 Å². The summed E-state index contributed by atoms with van der Waals surface area (Å²) in [7, 11) is 0. The lowest BCUT2D eigenvalue weighted by molar-refractivity contribution is 0.0673. The second-order valence-corrected chi connectivity index (χ2v) is 7.61. The molecule has 4 rings (SSSR count). The summed E-state index contributed by atoms with van der Waals surface area (Å²) in [5.41, 5.74) is 2.33. The van der Waals surface area contributed by atoms with E-state index in [9.17, 15) is 9.59 Å². The number of benzene rings is 3. The molecule has 1 heterocycles. The minimum Gasteiger partial charge on any atom is -0.335 e. The number of urea groups is 1. The minimum absolute atomic E-state index is 0.00664. The first-order valence-electron chi connectivity index (χ1n) is 9.62. The van der Waals surface area contributed by atoms with E-state index < -0.39 is 0 Å². The fraction of sp³-hybridized carbons (Fsp3) is 0.217. The van der Waals surface area contributed by atoms with Crippen LogP contribution < -0.4 is 5.32 Å². The van der Waals surface area contributed by atoms with E-state index in [1.165, 1.54) is 0 Å². The number of anilines is 1. The van der Waals surface area contributed by atoms with Crippen molar-refractivity contribution in [3.05, 3.63) is 76.8 Å². The molecule has 0 spiro atoms. The summed E-state index contributed by atoms with van der Waals surface area (Å²) in [6.07, 6.45) is 0. The van der Waals surface area contributed by atoms with Gasteiger partial charge in [-0.05, 0) is 41.5 Å². The standard InChI is InChI=1S/C23H22ClN3O2/c1-16-9-10-18(15-21(16)24)25-23(29)27-13-11-26(12-14-27)22(28)20-8-4-6-17-5-2-3-7-19(17)20/h2-10,15H,11-14H2,1H3,(H,25,29). The molecule has 3 aromatic rings. The van der Waals surface area contributed by atoms with Crippen LogP contribution in [-0.2, 0) is 0 Å². The quantitative estimate of drug-likeness (QED) is 0.663. The Kier molecular flexibility index (Phi) is 5.41. The van der Waals surface area contributed by atoms with Crippen LogP contribution in [0.5, 0.6) is 0 Å². The zero-order valence-corrected chi connectivity index (χ0v) is 16.9. The van der Waals surface area contributed by atoms with Crippen LogP contribution in [0.15, 0.2) is 60.7 Å². The average Bonchev–Trinajstić information content (AvgIpc) is 2.75. The molecule has 1 N–H and O–H groups in total. The van der Waals surface area contributed by atoms with Gasteiger partial charge in [0.1, 0.15) is 0 Å². The maximum atomic E-state index is 13.0. The van der Waals surface area contributed by atoms with Gasteiger partial charge in [0, 0.05) is 42.5 Å². The summed E-state index contributed by atoms with van der Waals surface area (Å²) < 4.78 is 0. The SMILES string of the molecule is Cc1ccc(NC(=O)N2CCN(C(=O)c3cccc4ccccc34)CC2)cc1Cl. The van der Waals surface area contributed by atoms with E-state index in [0.717, 1.165) is 16.3 Å². The van der Waals surface area contributed by atoms with Crippen LogP contribution in [0.25, 0.3) is 10.8 Å². The molecule has 0 atom stereocenters. The first kappa shape index (κ1) is 19.3. The monoisotopic (exact) mass is 407 g/mol. The molecule has 0 aromatic heterocycles. The van der Waals surface area contributed by atoms with Gasteiger partial charge < -0.3 is 15.1 Å². The van der Waals surface area contributed by atoms with Crippen LogP contribution in [0.2, 0.25) is 5.02 Å². The van der Waals surface area contributed by atoms with Crippen LogP contribution in [0.1, 0.15) is 15.9 Å². The lowest BCUT2D eigenvalue weighted by Crippen LogP contribution is -2.51. The zero-order chi connectivity index (χ0) is 20.4. The second-order valence-electron chi connectivity index (χ2n) is 7.20. The van der Waals surface area contributed by atoms with Crippen molar-refractivity contribution in [2.45, 2.75) is 6.92 Å². The van der Waals surface area contributed by atoms with E-state index in [2.05, 4.69) is 5.32 Å². The summed E-state index contributed by atoms with van der Waals surface area (Å²) >= 11 is 6.13. The smallest absolute Gasteiger partial charge is 0.321 e. The highest BCUT2D eigenvalue weighted by molar-refractivity contribution is 6.31. The summed E-state index contributed by atoms with van der Waals surface area (Å²) in [5, 5.41) is 5.50. The predicted molar refractivity (Wildman–Crippen MR) is 117 cm³/mol. The van der Waals surface area contributed by atoms with Gasteiger partial charge in [-0.25, -0.2) is 4.79 Å². The maximum Gasteiger partial charge on any atom is 0.321 e. The van der Waals surface area contributed by atoms with E-state index in [1.807, 2.05) is 66.4 Å². The first-order valence-corrected chi connectivity index (χ1v) is 10.00. The molecule has 5 nitrogen and oxygen atoms in total. The molecule has 29 heavy (non-hydrogen) atoms. The van der Waals surface area contributed by atoms with Crippen molar-refractivity contribution in [3.63, 3.8) is 0 Å². The number of fused-ring (bicyclic) bond motifs is 1. The number of rotatable bonds is 2. The molecule has 3 aromatic carbocycles.